The first-order valence-electron chi connectivity index (χ1n) is 7.81. The van der Waals surface area contributed by atoms with Gasteiger partial charge in [-0.15, -0.1) is 0 Å². The minimum absolute atomic E-state index is 0.0841. The quantitative estimate of drug-likeness (QED) is 0.823. The van der Waals surface area contributed by atoms with Gasteiger partial charge in [0.05, 0.1) is 19.3 Å². The number of rotatable bonds is 7. The molecule has 4 nitrogen and oxygen atoms in total. The average molecular weight is 315 g/mol. The smallest absolute Gasteiger partial charge is 0.161 e. The number of aliphatic hydroxyl groups excluding tert-OH is 1. The molecule has 0 spiro atoms. The topological polar surface area (TPSA) is 64.7 Å². The van der Waals surface area contributed by atoms with Crippen LogP contribution in [0.3, 0.4) is 0 Å². The van der Waals surface area contributed by atoms with Gasteiger partial charge < -0.3 is 20.3 Å². The summed E-state index contributed by atoms with van der Waals surface area (Å²) in [5.74, 6) is 1.36. The second kappa shape index (κ2) is 7.99. The highest BCUT2D eigenvalue weighted by molar-refractivity contribution is 5.44. The number of hydrogen-bond donors (Lipinski definition) is 2. The third kappa shape index (κ3) is 4.47. The number of methoxy groups -OCH3 is 1. The van der Waals surface area contributed by atoms with Crippen molar-refractivity contribution in [3.63, 3.8) is 0 Å². The van der Waals surface area contributed by atoms with Crippen molar-refractivity contribution in [2.24, 2.45) is 11.7 Å². The summed E-state index contributed by atoms with van der Waals surface area (Å²) in [6.07, 6.45) is -0.606. The monoisotopic (exact) mass is 315 g/mol. The fourth-order valence-electron chi connectivity index (χ4n) is 2.36. The van der Waals surface area contributed by atoms with Crippen LogP contribution in [-0.2, 0) is 6.61 Å². The van der Waals surface area contributed by atoms with Crippen LogP contribution in [-0.4, -0.2) is 18.3 Å². The second-order valence-electron chi connectivity index (χ2n) is 5.94. The standard InChI is InChI=1S/C19H25NO3/c1-13(2)19(21)18(20)15-9-10-16(22-3)17(11-15)23-12-14-7-5-4-6-8-14/h4-11,13,18-19,21H,12,20H2,1-3H3/t18-,19+/m0/s1. The summed E-state index contributed by atoms with van der Waals surface area (Å²) in [7, 11) is 1.60. The van der Waals surface area contributed by atoms with Crippen LogP contribution < -0.4 is 15.2 Å². The number of aliphatic hydroxyl groups is 1. The molecule has 0 bridgehead atoms. The molecular weight excluding hydrogens is 290 g/mol. The van der Waals surface area contributed by atoms with E-state index in [0.717, 1.165) is 11.1 Å². The Hall–Kier alpha value is -2.04. The zero-order valence-corrected chi connectivity index (χ0v) is 13.9. The highest BCUT2D eigenvalue weighted by Crippen LogP contribution is 2.32. The number of ether oxygens (including phenoxy) is 2. The molecule has 2 aromatic rings. The molecule has 3 N–H and O–H groups in total. The maximum Gasteiger partial charge on any atom is 0.161 e. The van der Waals surface area contributed by atoms with Gasteiger partial charge in [0.15, 0.2) is 11.5 Å². The normalized spacial score (nSPS) is 13.7. The van der Waals surface area contributed by atoms with E-state index in [-0.39, 0.29) is 5.92 Å². The predicted molar refractivity (Wildman–Crippen MR) is 91.5 cm³/mol. The Morgan fingerprint density at radius 1 is 1.04 bits per heavy atom. The number of benzene rings is 2. The maximum atomic E-state index is 10.2. The van der Waals surface area contributed by atoms with Crippen molar-refractivity contribution < 1.29 is 14.6 Å². The molecule has 0 aromatic heterocycles. The molecule has 23 heavy (non-hydrogen) atoms. The highest BCUT2D eigenvalue weighted by Gasteiger charge is 2.21. The van der Waals surface area contributed by atoms with Crippen molar-refractivity contribution >= 4 is 0 Å². The zero-order valence-electron chi connectivity index (χ0n) is 13.9. The zero-order chi connectivity index (χ0) is 16.8. The van der Waals surface area contributed by atoms with Crippen LogP contribution in [0.4, 0.5) is 0 Å². The van der Waals surface area contributed by atoms with E-state index in [2.05, 4.69) is 0 Å². The summed E-state index contributed by atoms with van der Waals surface area (Å²) in [6, 6.07) is 15.0. The first-order chi connectivity index (χ1) is 11.0. The van der Waals surface area contributed by atoms with Gasteiger partial charge in [-0.3, -0.25) is 0 Å². The minimum atomic E-state index is -0.606. The van der Waals surface area contributed by atoms with Crippen molar-refractivity contribution in [2.75, 3.05) is 7.11 Å². The third-order valence-corrected chi connectivity index (χ3v) is 3.86. The molecule has 0 saturated heterocycles. The predicted octanol–water partition coefficient (Wildman–Crippen LogP) is 3.29. The van der Waals surface area contributed by atoms with Crippen LogP contribution in [0.5, 0.6) is 11.5 Å². The Morgan fingerprint density at radius 2 is 1.74 bits per heavy atom. The molecule has 2 rings (SSSR count). The van der Waals surface area contributed by atoms with Gasteiger partial charge in [-0.05, 0) is 29.2 Å². The van der Waals surface area contributed by atoms with Gasteiger partial charge in [0.25, 0.3) is 0 Å². The van der Waals surface area contributed by atoms with Crippen LogP contribution in [0.2, 0.25) is 0 Å². The Kier molecular flexibility index (Phi) is 6.02. The SMILES string of the molecule is COc1ccc([C@H](N)[C@H](O)C(C)C)cc1OCc1ccccc1. The lowest BCUT2D eigenvalue weighted by atomic mass is 9.94. The number of nitrogens with two attached hydrogens (primary N) is 1. The van der Waals surface area contributed by atoms with Crippen LogP contribution in [0.15, 0.2) is 48.5 Å². The van der Waals surface area contributed by atoms with E-state index in [9.17, 15) is 5.11 Å². The van der Waals surface area contributed by atoms with E-state index in [4.69, 9.17) is 15.2 Å². The van der Waals surface area contributed by atoms with Gasteiger partial charge >= 0.3 is 0 Å². The van der Waals surface area contributed by atoms with E-state index in [1.165, 1.54) is 0 Å². The van der Waals surface area contributed by atoms with Crippen molar-refractivity contribution in [3.05, 3.63) is 59.7 Å². The Morgan fingerprint density at radius 3 is 2.35 bits per heavy atom. The minimum Gasteiger partial charge on any atom is -0.493 e. The summed E-state index contributed by atoms with van der Waals surface area (Å²) in [4.78, 5) is 0. The summed E-state index contributed by atoms with van der Waals surface area (Å²) in [5.41, 5.74) is 8.06. The van der Waals surface area contributed by atoms with Gasteiger partial charge in [0, 0.05) is 0 Å². The number of hydrogen-bond acceptors (Lipinski definition) is 4. The molecule has 124 valence electrons. The first kappa shape index (κ1) is 17.3. The molecule has 0 amide bonds. The van der Waals surface area contributed by atoms with Crippen molar-refractivity contribution in [1.29, 1.82) is 0 Å². The highest BCUT2D eigenvalue weighted by atomic mass is 16.5. The molecule has 0 aliphatic carbocycles. The summed E-state index contributed by atoms with van der Waals surface area (Å²) < 4.78 is 11.2. The van der Waals surface area contributed by atoms with Gasteiger partial charge in [0.2, 0.25) is 0 Å². The third-order valence-electron chi connectivity index (χ3n) is 3.86. The first-order valence-corrected chi connectivity index (χ1v) is 7.81. The van der Waals surface area contributed by atoms with Gasteiger partial charge in [0.1, 0.15) is 6.61 Å². The summed E-state index contributed by atoms with van der Waals surface area (Å²) in [5, 5.41) is 10.2. The van der Waals surface area contributed by atoms with E-state index >= 15 is 0 Å². The molecule has 0 heterocycles. The summed E-state index contributed by atoms with van der Waals surface area (Å²) >= 11 is 0. The largest absolute Gasteiger partial charge is 0.493 e. The molecular formula is C19H25NO3. The lowest BCUT2D eigenvalue weighted by Gasteiger charge is -2.23. The molecule has 4 heteroatoms. The van der Waals surface area contributed by atoms with Gasteiger partial charge in [-0.1, -0.05) is 50.2 Å². The van der Waals surface area contributed by atoms with E-state index in [1.807, 2.05) is 62.4 Å². The van der Waals surface area contributed by atoms with Gasteiger partial charge in [-0.25, -0.2) is 0 Å². The average Bonchev–Trinajstić information content (AvgIpc) is 2.59. The Balaban J connectivity index is 2.18. The van der Waals surface area contributed by atoms with E-state index < -0.39 is 12.1 Å². The van der Waals surface area contributed by atoms with Crippen LogP contribution in [0, 0.1) is 5.92 Å². The fraction of sp³-hybridized carbons (Fsp3) is 0.368. The lowest BCUT2D eigenvalue weighted by Crippen LogP contribution is -2.30. The molecule has 0 aliphatic rings. The lowest BCUT2D eigenvalue weighted by molar-refractivity contribution is 0.0978. The van der Waals surface area contributed by atoms with Crippen LogP contribution >= 0.6 is 0 Å². The molecule has 0 aliphatic heterocycles. The Labute approximate surface area is 137 Å². The van der Waals surface area contributed by atoms with Crippen LogP contribution in [0.1, 0.15) is 31.0 Å². The molecule has 0 unspecified atom stereocenters. The molecule has 0 radical (unpaired) electrons. The van der Waals surface area contributed by atoms with Crippen LogP contribution in [0.25, 0.3) is 0 Å². The summed E-state index contributed by atoms with van der Waals surface area (Å²) in [6.45, 7) is 4.34. The van der Waals surface area contributed by atoms with Crippen molar-refractivity contribution in [2.45, 2.75) is 32.6 Å². The second-order valence-corrected chi connectivity index (χ2v) is 5.94. The molecule has 2 atom stereocenters. The van der Waals surface area contributed by atoms with Crippen molar-refractivity contribution in [3.8, 4) is 11.5 Å². The molecule has 0 fully saturated rings. The fourth-order valence-corrected chi connectivity index (χ4v) is 2.36. The van der Waals surface area contributed by atoms with E-state index in [1.54, 1.807) is 7.11 Å². The van der Waals surface area contributed by atoms with Gasteiger partial charge in [-0.2, -0.15) is 0 Å². The maximum absolute atomic E-state index is 10.2. The Bertz CT molecular complexity index is 613. The van der Waals surface area contributed by atoms with E-state index in [0.29, 0.717) is 18.1 Å². The molecule has 0 saturated carbocycles. The van der Waals surface area contributed by atoms with Crippen molar-refractivity contribution in [1.82, 2.24) is 0 Å². The molecule has 2 aromatic carbocycles.